The van der Waals surface area contributed by atoms with Crippen LogP contribution in [-0.2, 0) is 4.74 Å². The van der Waals surface area contributed by atoms with Crippen molar-refractivity contribution in [3.63, 3.8) is 0 Å². The van der Waals surface area contributed by atoms with E-state index in [2.05, 4.69) is 27.5 Å². The smallest absolute Gasteiger partial charge is 0.146 e. The van der Waals surface area contributed by atoms with Crippen molar-refractivity contribution in [2.24, 2.45) is 0 Å². The topological polar surface area (TPSA) is 59.1 Å². The van der Waals surface area contributed by atoms with Crippen LogP contribution in [0, 0.1) is 0 Å². The Labute approximate surface area is 109 Å². The molecule has 102 valence electrons. The van der Waals surface area contributed by atoms with Gasteiger partial charge in [-0.05, 0) is 19.8 Å². The molecular weight excluding hydrogens is 228 g/mol. The van der Waals surface area contributed by atoms with Gasteiger partial charge in [0.25, 0.3) is 0 Å². The molecule has 1 aromatic heterocycles. The van der Waals surface area contributed by atoms with Crippen molar-refractivity contribution in [1.29, 1.82) is 0 Å². The van der Waals surface area contributed by atoms with Gasteiger partial charge in [-0.25, -0.2) is 4.98 Å². The third-order valence-corrected chi connectivity index (χ3v) is 2.41. The first-order chi connectivity index (χ1) is 8.86. The number of unbranched alkanes of at least 4 members (excludes halogenated alkanes) is 1. The predicted molar refractivity (Wildman–Crippen MR) is 75.0 cm³/mol. The number of hydrogen-bond acceptors (Lipinski definition) is 5. The molecule has 0 amide bonds. The Hall–Kier alpha value is -1.36. The Morgan fingerprint density at radius 3 is 2.50 bits per heavy atom. The maximum Gasteiger partial charge on any atom is 0.146 e. The van der Waals surface area contributed by atoms with Gasteiger partial charge in [0, 0.05) is 26.3 Å². The molecule has 0 radical (unpaired) electrons. The number of anilines is 2. The molecule has 0 atom stereocenters. The van der Waals surface area contributed by atoms with Crippen molar-refractivity contribution in [2.45, 2.75) is 33.1 Å². The largest absolute Gasteiger partial charge is 0.381 e. The molecule has 0 bridgehead atoms. The van der Waals surface area contributed by atoms with Crippen LogP contribution < -0.4 is 10.6 Å². The van der Waals surface area contributed by atoms with Crippen LogP contribution in [0.15, 0.2) is 12.4 Å². The second-order valence-corrected chi connectivity index (χ2v) is 4.07. The van der Waals surface area contributed by atoms with E-state index in [0.717, 1.165) is 50.8 Å². The van der Waals surface area contributed by atoms with Gasteiger partial charge in [-0.2, -0.15) is 0 Å². The van der Waals surface area contributed by atoms with Crippen molar-refractivity contribution >= 4 is 11.6 Å². The molecule has 5 nitrogen and oxygen atoms in total. The number of rotatable bonds is 10. The average molecular weight is 252 g/mol. The predicted octanol–water partition coefficient (Wildman–Crippen LogP) is 2.53. The number of nitrogens with zero attached hydrogens (tertiary/aromatic N) is 2. The van der Waals surface area contributed by atoms with Gasteiger partial charge in [-0.1, -0.05) is 13.3 Å². The van der Waals surface area contributed by atoms with E-state index in [9.17, 15) is 0 Å². The molecule has 0 saturated heterocycles. The lowest BCUT2D eigenvalue weighted by Crippen LogP contribution is -2.09. The first kappa shape index (κ1) is 14.7. The highest BCUT2D eigenvalue weighted by Crippen LogP contribution is 2.05. The van der Waals surface area contributed by atoms with Crippen molar-refractivity contribution in [3.8, 4) is 0 Å². The van der Waals surface area contributed by atoms with Gasteiger partial charge in [0.2, 0.25) is 0 Å². The van der Waals surface area contributed by atoms with Gasteiger partial charge < -0.3 is 15.4 Å². The van der Waals surface area contributed by atoms with E-state index in [0.29, 0.717) is 0 Å². The van der Waals surface area contributed by atoms with Crippen molar-refractivity contribution in [2.75, 3.05) is 36.9 Å². The van der Waals surface area contributed by atoms with Gasteiger partial charge in [-0.3, -0.25) is 4.98 Å². The van der Waals surface area contributed by atoms with E-state index >= 15 is 0 Å². The highest BCUT2D eigenvalue weighted by atomic mass is 16.5. The highest BCUT2D eigenvalue weighted by molar-refractivity contribution is 5.41. The lowest BCUT2D eigenvalue weighted by Gasteiger charge is -2.07. The van der Waals surface area contributed by atoms with Crippen LogP contribution in [0.4, 0.5) is 11.6 Å². The Kier molecular flexibility index (Phi) is 7.88. The van der Waals surface area contributed by atoms with E-state index in [1.54, 1.807) is 12.4 Å². The van der Waals surface area contributed by atoms with Crippen LogP contribution >= 0.6 is 0 Å². The SMILES string of the molecule is CCCCOCCCNc1cncc(NCC)n1. The van der Waals surface area contributed by atoms with Crippen molar-refractivity contribution in [3.05, 3.63) is 12.4 Å². The molecule has 0 saturated carbocycles. The molecule has 0 fully saturated rings. The standard InChI is InChI=1S/C13H24N4O/c1-3-5-8-18-9-6-7-16-13-11-14-10-12(17-13)15-4-2/h10-11H,3-9H2,1-2H3,(H2,15,16,17). The van der Waals surface area contributed by atoms with E-state index < -0.39 is 0 Å². The molecule has 0 spiro atoms. The third-order valence-electron chi connectivity index (χ3n) is 2.41. The fourth-order valence-corrected chi connectivity index (χ4v) is 1.46. The summed E-state index contributed by atoms with van der Waals surface area (Å²) in [6.07, 6.45) is 6.77. The van der Waals surface area contributed by atoms with Crippen LogP contribution in [-0.4, -0.2) is 36.3 Å². The lowest BCUT2D eigenvalue weighted by molar-refractivity contribution is 0.131. The van der Waals surface area contributed by atoms with Crippen LogP contribution in [0.2, 0.25) is 0 Å². The van der Waals surface area contributed by atoms with Crippen molar-refractivity contribution in [1.82, 2.24) is 9.97 Å². The second-order valence-electron chi connectivity index (χ2n) is 4.07. The zero-order chi connectivity index (χ0) is 13.1. The summed E-state index contributed by atoms with van der Waals surface area (Å²) in [5.74, 6) is 1.61. The normalized spacial score (nSPS) is 10.3. The number of hydrogen-bond donors (Lipinski definition) is 2. The Balaban J connectivity index is 2.13. The second kappa shape index (κ2) is 9.65. The molecule has 0 aliphatic rings. The van der Waals surface area contributed by atoms with Gasteiger partial charge in [-0.15, -0.1) is 0 Å². The molecular formula is C13H24N4O. The molecule has 1 aromatic rings. The quantitative estimate of drug-likeness (QED) is 0.627. The van der Waals surface area contributed by atoms with E-state index in [1.807, 2.05) is 6.92 Å². The third kappa shape index (κ3) is 6.39. The van der Waals surface area contributed by atoms with E-state index in [4.69, 9.17) is 4.74 Å². The van der Waals surface area contributed by atoms with Crippen LogP contribution in [0.5, 0.6) is 0 Å². The van der Waals surface area contributed by atoms with E-state index in [-0.39, 0.29) is 0 Å². The summed E-state index contributed by atoms with van der Waals surface area (Å²) in [5, 5.41) is 6.38. The zero-order valence-electron chi connectivity index (χ0n) is 11.4. The average Bonchev–Trinajstić information content (AvgIpc) is 2.39. The number of nitrogens with one attached hydrogen (secondary N) is 2. The Morgan fingerprint density at radius 2 is 1.78 bits per heavy atom. The molecule has 1 heterocycles. The molecule has 0 aliphatic heterocycles. The summed E-state index contributed by atoms with van der Waals surface area (Å²) in [6.45, 7) is 7.58. The molecule has 5 heteroatoms. The number of ether oxygens (including phenoxy) is 1. The number of aromatic nitrogens is 2. The minimum Gasteiger partial charge on any atom is -0.381 e. The molecule has 0 unspecified atom stereocenters. The Morgan fingerprint density at radius 1 is 1.06 bits per heavy atom. The molecule has 0 aromatic carbocycles. The van der Waals surface area contributed by atoms with Crippen LogP contribution in [0.25, 0.3) is 0 Å². The fourth-order valence-electron chi connectivity index (χ4n) is 1.46. The fraction of sp³-hybridized carbons (Fsp3) is 0.692. The summed E-state index contributed by atoms with van der Waals surface area (Å²) < 4.78 is 5.49. The monoisotopic (exact) mass is 252 g/mol. The summed E-state index contributed by atoms with van der Waals surface area (Å²) in [7, 11) is 0. The van der Waals surface area contributed by atoms with Crippen LogP contribution in [0.3, 0.4) is 0 Å². The first-order valence-corrected chi connectivity index (χ1v) is 6.74. The summed E-state index contributed by atoms with van der Waals surface area (Å²) in [6, 6.07) is 0. The molecule has 2 N–H and O–H groups in total. The van der Waals surface area contributed by atoms with Crippen LogP contribution in [0.1, 0.15) is 33.1 Å². The zero-order valence-corrected chi connectivity index (χ0v) is 11.4. The van der Waals surface area contributed by atoms with Crippen molar-refractivity contribution < 1.29 is 4.74 Å². The summed E-state index contributed by atoms with van der Waals surface area (Å²) >= 11 is 0. The minimum absolute atomic E-state index is 0.799. The first-order valence-electron chi connectivity index (χ1n) is 6.74. The molecule has 1 rings (SSSR count). The maximum atomic E-state index is 5.49. The molecule has 18 heavy (non-hydrogen) atoms. The van der Waals surface area contributed by atoms with Gasteiger partial charge in [0.05, 0.1) is 12.4 Å². The molecule has 0 aliphatic carbocycles. The minimum atomic E-state index is 0.799. The van der Waals surface area contributed by atoms with Gasteiger partial charge in [0.15, 0.2) is 0 Å². The Bertz CT molecular complexity index is 320. The summed E-state index contributed by atoms with van der Waals surface area (Å²) in [5.41, 5.74) is 0. The lowest BCUT2D eigenvalue weighted by atomic mass is 10.4. The highest BCUT2D eigenvalue weighted by Gasteiger charge is 1.97. The van der Waals surface area contributed by atoms with Gasteiger partial charge in [0.1, 0.15) is 11.6 Å². The summed E-state index contributed by atoms with van der Waals surface area (Å²) in [4.78, 5) is 8.51. The van der Waals surface area contributed by atoms with E-state index in [1.165, 1.54) is 6.42 Å². The van der Waals surface area contributed by atoms with Gasteiger partial charge >= 0.3 is 0 Å². The maximum absolute atomic E-state index is 5.49.